The first-order valence-electron chi connectivity index (χ1n) is 4.97. The van der Waals surface area contributed by atoms with E-state index in [9.17, 15) is 0 Å². The highest BCUT2D eigenvalue weighted by Crippen LogP contribution is 2.27. The van der Waals surface area contributed by atoms with Crippen molar-refractivity contribution in [2.24, 2.45) is 0 Å². The number of hydrogen-bond donors (Lipinski definition) is 0. The number of morpholine rings is 1. The van der Waals surface area contributed by atoms with Gasteiger partial charge in [0.25, 0.3) is 0 Å². The van der Waals surface area contributed by atoms with Gasteiger partial charge in [-0.2, -0.15) is 0 Å². The second-order valence-electron chi connectivity index (χ2n) is 3.45. The topological polar surface area (TPSA) is 12.5 Å². The average molecular weight is 244 g/mol. The van der Waals surface area contributed by atoms with Crippen LogP contribution in [0.3, 0.4) is 0 Å². The molecular weight excluding hydrogens is 230 g/mol. The van der Waals surface area contributed by atoms with Crippen molar-refractivity contribution in [2.75, 3.05) is 37.5 Å². The Labute approximate surface area is 99.6 Å². The third kappa shape index (κ3) is 2.80. The van der Waals surface area contributed by atoms with Crippen molar-refractivity contribution in [1.29, 1.82) is 0 Å². The molecule has 0 saturated carbocycles. The van der Waals surface area contributed by atoms with Crippen molar-refractivity contribution in [1.82, 2.24) is 0 Å². The van der Waals surface area contributed by atoms with Gasteiger partial charge in [-0.1, -0.05) is 11.6 Å². The van der Waals surface area contributed by atoms with Crippen molar-refractivity contribution < 1.29 is 4.74 Å². The van der Waals surface area contributed by atoms with Gasteiger partial charge in [0.1, 0.15) is 0 Å². The maximum atomic E-state index is 6.08. The van der Waals surface area contributed by atoms with Crippen molar-refractivity contribution in [3.63, 3.8) is 0 Å². The van der Waals surface area contributed by atoms with E-state index in [-0.39, 0.29) is 0 Å². The van der Waals surface area contributed by atoms with Crippen molar-refractivity contribution >= 4 is 29.1 Å². The molecule has 0 atom stereocenters. The van der Waals surface area contributed by atoms with Gasteiger partial charge in [0, 0.05) is 28.7 Å². The first-order valence-corrected chi connectivity index (χ1v) is 6.57. The van der Waals surface area contributed by atoms with Gasteiger partial charge in [-0.15, -0.1) is 11.8 Å². The molecule has 1 aliphatic heterocycles. The van der Waals surface area contributed by atoms with Crippen LogP contribution in [0.15, 0.2) is 23.1 Å². The Hall–Kier alpha value is -0.380. The van der Waals surface area contributed by atoms with E-state index in [0.717, 1.165) is 31.3 Å². The Bertz CT molecular complexity index is 339. The third-order valence-electron chi connectivity index (χ3n) is 2.47. The fraction of sp³-hybridized carbons (Fsp3) is 0.455. The molecular formula is C11H14ClNOS. The maximum Gasteiger partial charge on any atom is 0.0642 e. The first kappa shape index (κ1) is 11.1. The van der Waals surface area contributed by atoms with Gasteiger partial charge in [0.2, 0.25) is 0 Å². The lowest BCUT2D eigenvalue weighted by molar-refractivity contribution is 0.122. The summed E-state index contributed by atoms with van der Waals surface area (Å²) in [5, 5.41) is 0.809. The minimum Gasteiger partial charge on any atom is -0.378 e. The molecule has 1 saturated heterocycles. The zero-order valence-corrected chi connectivity index (χ0v) is 10.3. The van der Waals surface area contributed by atoms with E-state index in [1.807, 2.05) is 12.1 Å². The van der Waals surface area contributed by atoms with Crippen LogP contribution in [0.5, 0.6) is 0 Å². The zero-order chi connectivity index (χ0) is 10.7. The number of hydrogen-bond acceptors (Lipinski definition) is 3. The van der Waals surface area contributed by atoms with Crippen LogP contribution in [-0.4, -0.2) is 32.6 Å². The van der Waals surface area contributed by atoms with E-state index in [1.165, 1.54) is 10.6 Å². The van der Waals surface area contributed by atoms with Gasteiger partial charge in [0.05, 0.1) is 13.2 Å². The van der Waals surface area contributed by atoms with Gasteiger partial charge in [-0.25, -0.2) is 0 Å². The van der Waals surface area contributed by atoms with Crippen molar-refractivity contribution in [2.45, 2.75) is 4.90 Å². The minimum absolute atomic E-state index is 0.807. The summed E-state index contributed by atoms with van der Waals surface area (Å²) in [5.41, 5.74) is 1.20. The van der Waals surface area contributed by atoms with Crippen LogP contribution in [0.1, 0.15) is 0 Å². The fourth-order valence-electron chi connectivity index (χ4n) is 1.67. The molecule has 15 heavy (non-hydrogen) atoms. The van der Waals surface area contributed by atoms with Crippen LogP contribution in [0, 0.1) is 0 Å². The van der Waals surface area contributed by atoms with E-state index in [2.05, 4.69) is 17.2 Å². The number of nitrogens with zero attached hydrogens (tertiary/aromatic N) is 1. The summed E-state index contributed by atoms with van der Waals surface area (Å²) in [6.45, 7) is 3.52. The predicted octanol–water partition coefficient (Wildman–Crippen LogP) is 2.90. The van der Waals surface area contributed by atoms with Crippen molar-refractivity contribution in [3.8, 4) is 0 Å². The fourth-order valence-corrected chi connectivity index (χ4v) is 2.45. The Kier molecular flexibility index (Phi) is 3.78. The normalized spacial score (nSPS) is 16.8. The molecule has 1 heterocycles. The van der Waals surface area contributed by atoms with Crippen LogP contribution >= 0.6 is 23.4 Å². The Balaban J connectivity index is 2.22. The van der Waals surface area contributed by atoms with Crippen LogP contribution in [0.2, 0.25) is 5.02 Å². The summed E-state index contributed by atoms with van der Waals surface area (Å²) in [5.74, 6) is 0. The molecule has 1 fully saturated rings. The molecule has 0 aromatic heterocycles. The Morgan fingerprint density at radius 2 is 2.00 bits per heavy atom. The van der Waals surface area contributed by atoms with E-state index >= 15 is 0 Å². The Morgan fingerprint density at radius 3 is 2.67 bits per heavy atom. The van der Waals surface area contributed by atoms with Gasteiger partial charge >= 0.3 is 0 Å². The largest absolute Gasteiger partial charge is 0.378 e. The molecule has 0 unspecified atom stereocenters. The highest BCUT2D eigenvalue weighted by Gasteiger charge is 2.12. The molecule has 0 aliphatic carbocycles. The highest BCUT2D eigenvalue weighted by molar-refractivity contribution is 7.98. The second kappa shape index (κ2) is 5.10. The standard InChI is InChI=1S/C11H14ClNOS/c1-15-11-7-9(12)6-10(8-11)13-2-4-14-5-3-13/h6-8H,2-5H2,1H3. The molecule has 82 valence electrons. The highest BCUT2D eigenvalue weighted by atomic mass is 35.5. The lowest BCUT2D eigenvalue weighted by Gasteiger charge is -2.29. The molecule has 2 nitrogen and oxygen atoms in total. The van der Waals surface area contributed by atoms with E-state index in [1.54, 1.807) is 11.8 Å². The predicted molar refractivity (Wildman–Crippen MR) is 66.3 cm³/mol. The second-order valence-corrected chi connectivity index (χ2v) is 4.76. The molecule has 0 radical (unpaired) electrons. The molecule has 0 spiro atoms. The summed E-state index contributed by atoms with van der Waals surface area (Å²) >= 11 is 7.80. The first-order chi connectivity index (χ1) is 7.29. The van der Waals surface area contributed by atoms with Gasteiger partial charge < -0.3 is 9.64 Å². The lowest BCUT2D eigenvalue weighted by Crippen LogP contribution is -2.36. The maximum absolute atomic E-state index is 6.08. The number of rotatable bonds is 2. The minimum atomic E-state index is 0.807. The van der Waals surface area contributed by atoms with Crippen LogP contribution in [0.4, 0.5) is 5.69 Å². The molecule has 0 N–H and O–H groups in total. The molecule has 4 heteroatoms. The van der Waals surface area contributed by atoms with Crippen LogP contribution in [0.25, 0.3) is 0 Å². The van der Waals surface area contributed by atoms with E-state index in [0.29, 0.717) is 0 Å². The lowest BCUT2D eigenvalue weighted by atomic mass is 10.2. The summed E-state index contributed by atoms with van der Waals surface area (Å²) in [4.78, 5) is 3.53. The molecule has 2 rings (SSSR count). The van der Waals surface area contributed by atoms with Gasteiger partial charge in [-0.05, 0) is 24.5 Å². The molecule has 0 amide bonds. The molecule has 1 aromatic carbocycles. The number of halogens is 1. The monoisotopic (exact) mass is 243 g/mol. The smallest absolute Gasteiger partial charge is 0.0642 e. The van der Waals surface area contributed by atoms with E-state index < -0.39 is 0 Å². The summed E-state index contributed by atoms with van der Waals surface area (Å²) in [7, 11) is 0. The average Bonchev–Trinajstić information content (AvgIpc) is 2.29. The number of benzene rings is 1. The summed E-state index contributed by atoms with van der Waals surface area (Å²) in [6, 6.07) is 6.20. The number of ether oxygens (including phenoxy) is 1. The van der Waals surface area contributed by atoms with E-state index in [4.69, 9.17) is 16.3 Å². The molecule has 1 aromatic rings. The summed E-state index contributed by atoms with van der Waals surface area (Å²) < 4.78 is 5.33. The van der Waals surface area contributed by atoms with Crippen LogP contribution < -0.4 is 4.90 Å². The molecule has 0 bridgehead atoms. The summed E-state index contributed by atoms with van der Waals surface area (Å²) in [6.07, 6.45) is 2.06. The van der Waals surface area contributed by atoms with Gasteiger partial charge in [0.15, 0.2) is 0 Å². The van der Waals surface area contributed by atoms with Gasteiger partial charge in [-0.3, -0.25) is 0 Å². The third-order valence-corrected chi connectivity index (χ3v) is 3.39. The SMILES string of the molecule is CSc1cc(Cl)cc(N2CCOCC2)c1. The molecule has 1 aliphatic rings. The Morgan fingerprint density at radius 1 is 1.27 bits per heavy atom. The quantitative estimate of drug-likeness (QED) is 0.742. The number of anilines is 1. The zero-order valence-electron chi connectivity index (χ0n) is 8.70. The number of thioether (sulfide) groups is 1. The van der Waals surface area contributed by atoms with Crippen molar-refractivity contribution in [3.05, 3.63) is 23.2 Å². The van der Waals surface area contributed by atoms with Crippen LogP contribution in [-0.2, 0) is 4.74 Å².